The van der Waals surface area contributed by atoms with Crippen molar-refractivity contribution in [2.24, 2.45) is 0 Å². The normalized spacial score (nSPS) is 25.4. The molecule has 5 atom stereocenters. The third-order valence-corrected chi connectivity index (χ3v) is 5.35. The van der Waals surface area contributed by atoms with Crippen molar-refractivity contribution in [2.45, 2.75) is 30.5 Å². The Balaban J connectivity index is 2.15. The second-order valence-corrected chi connectivity index (χ2v) is 7.20. The highest BCUT2D eigenvalue weighted by atomic mass is 16.5. The third-order valence-electron chi connectivity index (χ3n) is 5.35. The number of aliphatic hydroxyl groups is 4. The second kappa shape index (κ2) is 9.18. The first-order valence-corrected chi connectivity index (χ1v) is 9.51. The maximum atomic E-state index is 13.1. The summed E-state index contributed by atoms with van der Waals surface area (Å²) in [6.07, 6.45) is -7.96. The molecule has 3 rings (SSSR count). The number of aliphatic hydroxyl groups excluding tert-OH is 4. The molecule has 1 aliphatic rings. The van der Waals surface area contributed by atoms with Crippen molar-refractivity contribution >= 4 is 5.78 Å². The van der Waals surface area contributed by atoms with Gasteiger partial charge >= 0.3 is 0 Å². The smallest absolute Gasteiger partial charge is 0.200 e. The van der Waals surface area contributed by atoms with Crippen LogP contribution in [0.1, 0.15) is 27.6 Å². The summed E-state index contributed by atoms with van der Waals surface area (Å²) in [5, 5.41) is 71.1. The number of phenolic OH excluding ortho intramolecular Hbond substituents is 3. The molecule has 174 valence electrons. The number of aromatic hydroxyl groups is 3. The number of hydrogen-bond acceptors (Lipinski definition) is 11. The van der Waals surface area contributed by atoms with E-state index in [9.17, 15) is 40.5 Å². The number of phenols is 3. The lowest BCUT2D eigenvalue weighted by Gasteiger charge is -2.40. The number of benzene rings is 2. The van der Waals surface area contributed by atoms with Gasteiger partial charge in [0.05, 0.1) is 26.4 Å². The Bertz CT molecular complexity index is 1000. The predicted octanol–water partition coefficient (Wildman–Crippen LogP) is -0.434. The van der Waals surface area contributed by atoms with E-state index in [1.807, 2.05) is 0 Å². The molecule has 2 aromatic carbocycles. The Labute approximate surface area is 182 Å². The molecule has 2 aromatic rings. The number of ether oxygens (including phenoxy) is 3. The van der Waals surface area contributed by atoms with Gasteiger partial charge in [-0.1, -0.05) is 0 Å². The summed E-state index contributed by atoms with van der Waals surface area (Å²) in [5.41, 5.74) is -0.892. The summed E-state index contributed by atoms with van der Waals surface area (Å²) in [6, 6.07) is 4.66. The lowest BCUT2D eigenvalue weighted by atomic mass is 9.88. The molecule has 32 heavy (non-hydrogen) atoms. The van der Waals surface area contributed by atoms with Crippen molar-refractivity contribution in [3.8, 4) is 28.7 Å². The predicted molar refractivity (Wildman–Crippen MR) is 107 cm³/mol. The molecular formula is C21H24O11. The number of carbonyl (C=O) groups is 1. The minimum absolute atomic E-state index is 0.0162. The van der Waals surface area contributed by atoms with Crippen LogP contribution in [-0.4, -0.2) is 86.8 Å². The zero-order valence-electron chi connectivity index (χ0n) is 17.2. The SMILES string of the molecule is COc1cc(C(=O)c2c(O)cc(OC)c([C@@H]3O[C@H](CO)[C@@H](O)[C@H](O)[C@H]3O)c2O)ccc1O. The molecule has 1 saturated heterocycles. The molecule has 11 heteroatoms. The quantitative estimate of drug-likeness (QED) is 0.282. The fraction of sp³-hybridized carbons (Fsp3) is 0.381. The molecule has 1 aliphatic heterocycles. The van der Waals surface area contributed by atoms with Gasteiger partial charge in [-0.2, -0.15) is 0 Å². The van der Waals surface area contributed by atoms with Crippen LogP contribution in [0.2, 0.25) is 0 Å². The average Bonchev–Trinajstić information content (AvgIpc) is 2.78. The van der Waals surface area contributed by atoms with Crippen LogP contribution in [-0.2, 0) is 4.74 Å². The van der Waals surface area contributed by atoms with Crippen LogP contribution in [0.3, 0.4) is 0 Å². The number of carbonyl (C=O) groups excluding carboxylic acids is 1. The Hall–Kier alpha value is -3.09. The Morgan fingerprint density at radius 3 is 2.19 bits per heavy atom. The monoisotopic (exact) mass is 452 g/mol. The van der Waals surface area contributed by atoms with Crippen LogP contribution in [0.5, 0.6) is 28.7 Å². The van der Waals surface area contributed by atoms with Crippen molar-refractivity contribution in [1.29, 1.82) is 0 Å². The van der Waals surface area contributed by atoms with Gasteiger partial charge < -0.3 is 50.0 Å². The van der Waals surface area contributed by atoms with Crippen LogP contribution >= 0.6 is 0 Å². The van der Waals surface area contributed by atoms with Crippen LogP contribution in [0.25, 0.3) is 0 Å². The first-order chi connectivity index (χ1) is 15.2. The highest BCUT2D eigenvalue weighted by molar-refractivity contribution is 6.13. The Morgan fingerprint density at radius 2 is 1.59 bits per heavy atom. The van der Waals surface area contributed by atoms with Crippen molar-refractivity contribution < 1.29 is 54.8 Å². The Kier molecular flexibility index (Phi) is 6.77. The molecule has 0 aromatic heterocycles. The van der Waals surface area contributed by atoms with E-state index in [0.717, 1.165) is 6.07 Å². The molecule has 0 radical (unpaired) electrons. The van der Waals surface area contributed by atoms with Crippen LogP contribution < -0.4 is 9.47 Å². The molecule has 0 unspecified atom stereocenters. The maximum Gasteiger partial charge on any atom is 0.200 e. The summed E-state index contributed by atoms with van der Waals surface area (Å²) in [5.74, 6) is -2.73. The van der Waals surface area contributed by atoms with Crippen LogP contribution in [0.15, 0.2) is 24.3 Å². The summed E-state index contributed by atoms with van der Waals surface area (Å²) < 4.78 is 15.6. The molecule has 0 amide bonds. The van der Waals surface area contributed by atoms with Gasteiger partial charge in [0.1, 0.15) is 53.3 Å². The molecule has 7 N–H and O–H groups in total. The molecule has 0 spiro atoms. The average molecular weight is 452 g/mol. The van der Waals surface area contributed by atoms with Crippen molar-refractivity contribution in [3.05, 3.63) is 41.0 Å². The number of methoxy groups -OCH3 is 2. The minimum atomic E-state index is -1.77. The van der Waals surface area contributed by atoms with E-state index >= 15 is 0 Å². The summed E-state index contributed by atoms with van der Waals surface area (Å²) in [4.78, 5) is 13.1. The zero-order chi connectivity index (χ0) is 23.7. The molecule has 1 heterocycles. The van der Waals surface area contributed by atoms with Gasteiger partial charge in [-0.3, -0.25) is 4.79 Å². The first kappa shape index (κ1) is 23.6. The number of hydrogen-bond donors (Lipinski definition) is 7. The second-order valence-electron chi connectivity index (χ2n) is 7.20. The fourth-order valence-corrected chi connectivity index (χ4v) is 3.62. The van der Waals surface area contributed by atoms with Crippen molar-refractivity contribution in [2.75, 3.05) is 20.8 Å². The first-order valence-electron chi connectivity index (χ1n) is 9.51. The maximum absolute atomic E-state index is 13.1. The minimum Gasteiger partial charge on any atom is -0.507 e. The summed E-state index contributed by atoms with van der Waals surface area (Å²) >= 11 is 0. The molecule has 0 aliphatic carbocycles. The van der Waals surface area contributed by atoms with Gasteiger partial charge in [0.25, 0.3) is 0 Å². The van der Waals surface area contributed by atoms with Gasteiger partial charge in [0.2, 0.25) is 5.78 Å². The summed E-state index contributed by atoms with van der Waals surface area (Å²) in [6.45, 7) is -0.707. The molecule has 11 nitrogen and oxygen atoms in total. The lowest BCUT2D eigenvalue weighted by Crippen LogP contribution is -2.55. The van der Waals surface area contributed by atoms with Crippen LogP contribution in [0.4, 0.5) is 0 Å². The van der Waals surface area contributed by atoms with Gasteiger partial charge in [0.15, 0.2) is 11.5 Å². The van der Waals surface area contributed by atoms with E-state index in [-0.39, 0.29) is 28.4 Å². The van der Waals surface area contributed by atoms with Crippen molar-refractivity contribution in [1.82, 2.24) is 0 Å². The zero-order valence-corrected chi connectivity index (χ0v) is 17.2. The standard InChI is InChI=1S/C21H24O11/c1-30-11-5-8(3-4-9(11)23)16(25)14-10(24)6-12(31-2)15(18(14)27)21-20(29)19(28)17(26)13(7-22)32-21/h3-6,13,17,19-24,26-29H,7H2,1-2H3/t13-,17-,19+,20-,21+/m1/s1. The van der Waals surface area contributed by atoms with Gasteiger partial charge in [-0.15, -0.1) is 0 Å². The fourth-order valence-electron chi connectivity index (χ4n) is 3.62. The molecular weight excluding hydrogens is 428 g/mol. The number of rotatable bonds is 6. The Morgan fingerprint density at radius 1 is 0.938 bits per heavy atom. The summed E-state index contributed by atoms with van der Waals surface area (Å²) in [7, 11) is 2.48. The van der Waals surface area contributed by atoms with E-state index in [4.69, 9.17) is 14.2 Å². The largest absolute Gasteiger partial charge is 0.507 e. The molecule has 0 bridgehead atoms. The van der Waals surface area contributed by atoms with E-state index in [1.54, 1.807) is 0 Å². The topological polar surface area (TPSA) is 186 Å². The van der Waals surface area contributed by atoms with E-state index < -0.39 is 60.0 Å². The van der Waals surface area contributed by atoms with Crippen molar-refractivity contribution in [3.63, 3.8) is 0 Å². The van der Waals surface area contributed by atoms with E-state index in [0.29, 0.717) is 0 Å². The lowest BCUT2D eigenvalue weighted by molar-refractivity contribution is -0.232. The molecule has 0 saturated carbocycles. The molecule has 1 fully saturated rings. The van der Waals surface area contributed by atoms with Gasteiger partial charge in [-0.05, 0) is 18.2 Å². The number of ketones is 1. The highest BCUT2D eigenvalue weighted by Crippen LogP contribution is 2.47. The highest BCUT2D eigenvalue weighted by Gasteiger charge is 2.46. The van der Waals surface area contributed by atoms with Crippen LogP contribution in [0, 0.1) is 0 Å². The van der Waals surface area contributed by atoms with E-state index in [2.05, 4.69) is 0 Å². The third kappa shape index (κ3) is 3.92. The van der Waals surface area contributed by atoms with Gasteiger partial charge in [0, 0.05) is 11.6 Å². The van der Waals surface area contributed by atoms with E-state index in [1.165, 1.54) is 32.4 Å². The van der Waals surface area contributed by atoms with Gasteiger partial charge in [-0.25, -0.2) is 0 Å².